The Hall–Kier alpha value is -6.32. The van der Waals surface area contributed by atoms with Crippen molar-refractivity contribution in [3.63, 3.8) is 0 Å². The molecular formula is C45H61N9O11S. The molecule has 1 aliphatic heterocycles. The van der Waals surface area contributed by atoms with Crippen LogP contribution in [0, 0.1) is 16.0 Å². The summed E-state index contributed by atoms with van der Waals surface area (Å²) in [5, 5.41) is 53.1. The molecule has 20 nitrogen and oxygen atoms in total. The zero-order valence-corrected chi connectivity index (χ0v) is 38.2. The minimum Gasteiger partial charge on any atom is -0.391 e. The first-order valence-electron chi connectivity index (χ1n) is 21.8. The molecule has 1 aliphatic rings. The molecule has 0 aromatic heterocycles. The summed E-state index contributed by atoms with van der Waals surface area (Å²) in [5.41, 5.74) is 6.58. The Morgan fingerprint density at radius 2 is 1.42 bits per heavy atom. The van der Waals surface area contributed by atoms with Gasteiger partial charge in [-0.25, -0.2) is 0 Å². The molecule has 2 unspecified atom stereocenters. The molecule has 3 aromatic carbocycles. The van der Waals surface area contributed by atoms with Crippen LogP contribution >= 0.6 is 11.8 Å². The summed E-state index contributed by atoms with van der Waals surface area (Å²) in [6, 6.07) is 10.7. The lowest BCUT2D eigenvalue weighted by atomic mass is 10.0. The van der Waals surface area contributed by atoms with Crippen molar-refractivity contribution in [3.05, 3.63) is 82.4 Å². The Labute approximate surface area is 386 Å². The van der Waals surface area contributed by atoms with Crippen molar-refractivity contribution in [3.8, 4) is 0 Å². The summed E-state index contributed by atoms with van der Waals surface area (Å²) >= 11 is 1.40. The number of aliphatic hydroxyl groups is 2. The van der Waals surface area contributed by atoms with Crippen molar-refractivity contribution in [1.29, 1.82) is 0 Å². The molecule has 4 rings (SSSR count). The SMILES string of the molecule is CC(C)[C@H](NC(=O)[C@@H](NC(=O)C1CSCCCCCC(=O)NC(CCNc2ccc3ccccc3c2)C(=O)N1)[C@@H](C)O)C(=O)N[C@H](C(=O)N[C@@H](Cc1ccc([N+](=O)[O-])cc1)C(N)=O)[C@@H](C)O. The van der Waals surface area contributed by atoms with Crippen molar-refractivity contribution in [1.82, 2.24) is 31.9 Å². The van der Waals surface area contributed by atoms with Crippen LogP contribution in [0.15, 0.2) is 66.7 Å². The van der Waals surface area contributed by atoms with Crippen LogP contribution < -0.4 is 43.0 Å². The molecule has 0 bridgehead atoms. The number of nitro benzene ring substituents is 1. The van der Waals surface area contributed by atoms with Gasteiger partial charge in [0.05, 0.1) is 17.1 Å². The molecule has 1 fully saturated rings. The quantitative estimate of drug-likeness (QED) is 0.0592. The smallest absolute Gasteiger partial charge is 0.269 e. The van der Waals surface area contributed by atoms with Gasteiger partial charge in [-0.05, 0) is 73.2 Å². The van der Waals surface area contributed by atoms with Crippen LogP contribution in [0.4, 0.5) is 11.4 Å². The molecule has 0 saturated carbocycles. The monoisotopic (exact) mass is 935 g/mol. The van der Waals surface area contributed by atoms with E-state index in [1.807, 2.05) is 42.5 Å². The maximum atomic E-state index is 13.9. The highest BCUT2D eigenvalue weighted by atomic mass is 32.2. The molecule has 3 aromatic rings. The van der Waals surface area contributed by atoms with Crippen molar-refractivity contribution in [2.45, 2.75) is 115 Å². The molecule has 66 heavy (non-hydrogen) atoms. The van der Waals surface area contributed by atoms with Crippen LogP contribution in [0.3, 0.4) is 0 Å². The number of anilines is 1. The van der Waals surface area contributed by atoms with Gasteiger partial charge in [0.15, 0.2) is 0 Å². The number of nitrogens with zero attached hydrogens (tertiary/aromatic N) is 1. The van der Waals surface area contributed by atoms with Crippen molar-refractivity contribution < 1.29 is 48.7 Å². The summed E-state index contributed by atoms with van der Waals surface area (Å²) in [6.07, 6.45) is -0.664. The first kappa shape index (κ1) is 52.3. The van der Waals surface area contributed by atoms with Gasteiger partial charge in [0.25, 0.3) is 5.69 Å². The van der Waals surface area contributed by atoms with Gasteiger partial charge in [0, 0.05) is 43.0 Å². The van der Waals surface area contributed by atoms with E-state index in [4.69, 9.17) is 5.73 Å². The fourth-order valence-corrected chi connectivity index (χ4v) is 8.12. The zero-order valence-electron chi connectivity index (χ0n) is 37.4. The number of aliphatic hydroxyl groups excluding tert-OH is 2. The molecular weight excluding hydrogens is 875 g/mol. The highest BCUT2D eigenvalue weighted by molar-refractivity contribution is 7.99. The normalized spacial score (nSPS) is 18.8. The molecule has 0 radical (unpaired) electrons. The standard InChI is InChI=1S/C45H61N9O11S/c1-25(2)37(43(61)53-38(26(3)55)44(62)49-34(40(46)58)22-28-13-17-32(18-14-28)54(64)65)51-45(63)39(27(4)56)52-42(60)35-24-66-21-9-5-6-12-36(57)48-33(41(59)50-35)19-20-47-31-16-15-29-10-7-8-11-30(29)23-31/h7-8,10-11,13-18,23,25-27,33-35,37-39,47,55-56H,5-6,9,12,19-22,24H2,1-4H3,(H2,46,58)(H,48,57)(H,49,62)(H,50,59)(H,51,63)(H,52,60)(H,53,61)/t26-,27-,33?,34+,35?,37+,38+,39+/m1/s1. The number of carbonyl (C=O) groups is 7. The number of nitrogens with one attached hydrogen (secondary N) is 7. The van der Waals surface area contributed by atoms with Gasteiger partial charge in [0.2, 0.25) is 41.4 Å². The zero-order chi connectivity index (χ0) is 48.5. The average Bonchev–Trinajstić information content (AvgIpc) is 3.28. The van der Waals surface area contributed by atoms with E-state index in [1.165, 1.54) is 49.9 Å². The lowest BCUT2D eigenvalue weighted by Crippen LogP contribution is -2.63. The van der Waals surface area contributed by atoms with E-state index in [0.29, 0.717) is 24.3 Å². The predicted octanol–water partition coefficient (Wildman–Crippen LogP) is 0.912. The summed E-state index contributed by atoms with van der Waals surface area (Å²) in [5.74, 6) is -5.51. The maximum Gasteiger partial charge on any atom is 0.269 e. The molecule has 21 heteroatoms. The third kappa shape index (κ3) is 16.0. The highest BCUT2D eigenvalue weighted by Gasteiger charge is 2.37. The van der Waals surface area contributed by atoms with Crippen LogP contribution in [0.1, 0.15) is 65.4 Å². The summed E-state index contributed by atoms with van der Waals surface area (Å²) in [7, 11) is 0. The predicted molar refractivity (Wildman–Crippen MR) is 249 cm³/mol. The Balaban J connectivity index is 1.43. The third-order valence-electron chi connectivity index (χ3n) is 10.9. The van der Waals surface area contributed by atoms with Gasteiger partial charge in [-0.1, -0.05) is 62.7 Å². The van der Waals surface area contributed by atoms with Gasteiger partial charge >= 0.3 is 0 Å². The average molecular weight is 936 g/mol. The lowest BCUT2D eigenvalue weighted by molar-refractivity contribution is -0.384. The number of thioether (sulfide) groups is 1. The number of nitrogens with two attached hydrogens (primary N) is 1. The van der Waals surface area contributed by atoms with Crippen LogP contribution in [-0.4, -0.2) is 123 Å². The number of benzene rings is 3. The fraction of sp³-hybridized carbons (Fsp3) is 0.489. The van der Waals surface area contributed by atoms with E-state index >= 15 is 0 Å². The van der Waals surface area contributed by atoms with Gasteiger partial charge in [-0.15, -0.1) is 0 Å². The molecule has 1 heterocycles. The van der Waals surface area contributed by atoms with Crippen LogP contribution in [0.5, 0.6) is 0 Å². The summed E-state index contributed by atoms with van der Waals surface area (Å²) < 4.78 is 0. The van der Waals surface area contributed by atoms with E-state index in [9.17, 15) is 53.9 Å². The molecule has 11 N–H and O–H groups in total. The number of nitro groups is 1. The Morgan fingerprint density at radius 3 is 2.06 bits per heavy atom. The number of non-ortho nitro benzene ring substituents is 1. The fourth-order valence-electron chi connectivity index (χ4n) is 7.08. The maximum absolute atomic E-state index is 13.9. The number of amides is 7. The van der Waals surface area contributed by atoms with Crippen molar-refractivity contribution >= 4 is 75.3 Å². The van der Waals surface area contributed by atoms with Gasteiger partial charge in [0.1, 0.15) is 36.3 Å². The van der Waals surface area contributed by atoms with Crippen LogP contribution in [0.2, 0.25) is 0 Å². The van der Waals surface area contributed by atoms with Crippen molar-refractivity contribution in [2.24, 2.45) is 11.7 Å². The van der Waals surface area contributed by atoms with E-state index in [0.717, 1.165) is 29.3 Å². The lowest BCUT2D eigenvalue weighted by Gasteiger charge is -2.30. The highest BCUT2D eigenvalue weighted by Crippen LogP contribution is 2.20. The number of rotatable bonds is 19. The second-order valence-corrected chi connectivity index (χ2v) is 17.8. The first-order valence-corrected chi connectivity index (χ1v) is 23.0. The van der Waals surface area contributed by atoms with Crippen molar-refractivity contribution in [2.75, 3.05) is 23.4 Å². The van der Waals surface area contributed by atoms with Gasteiger partial charge in [-0.2, -0.15) is 11.8 Å². The van der Waals surface area contributed by atoms with E-state index in [1.54, 1.807) is 13.8 Å². The van der Waals surface area contributed by atoms with E-state index in [2.05, 4.69) is 37.2 Å². The number of hydrogen-bond acceptors (Lipinski definition) is 13. The Kier molecular flexibility index (Phi) is 20.1. The van der Waals surface area contributed by atoms with Gasteiger partial charge in [-0.3, -0.25) is 43.7 Å². The molecule has 1 saturated heterocycles. The van der Waals surface area contributed by atoms with E-state index < -0.39 is 94.7 Å². The van der Waals surface area contributed by atoms with E-state index in [-0.39, 0.29) is 36.6 Å². The molecule has 0 spiro atoms. The minimum atomic E-state index is -1.66. The minimum absolute atomic E-state index is 0.103. The van der Waals surface area contributed by atoms with Crippen LogP contribution in [0.25, 0.3) is 10.8 Å². The third-order valence-corrected chi connectivity index (χ3v) is 12.0. The number of carbonyl (C=O) groups excluding carboxylic acids is 7. The topological polar surface area (TPSA) is 313 Å². The largest absolute Gasteiger partial charge is 0.391 e. The second-order valence-electron chi connectivity index (χ2n) is 16.6. The Bertz CT molecular complexity index is 2190. The number of fused-ring (bicyclic) bond motifs is 1. The number of hydrogen-bond donors (Lipinski definition) is 10. The van der Waals surface area contributed by atoms with Gasteiger partial charge < -0.3 is 53.2 Å². The summed E-state index contributed by atoms with van der Waals surface area (Å²) in [6.45, 7) is 5.93. The second kappa shape index (κ2) is 25.4. The molecule has 0 aliphatic carbocycles. The summed E-state index contributed by atoms with van der Waals surface area (Å²) in [4.78, 5) is 104. The Morgan fingerprint density at radius 1 is 0.803 bits per heavy atom. The van der Waals surface area contributed by atoms with Crippen LogP contribution in [-0.2, 0) is 40.0 Å². The number of primary amides is 1. The molecule has 358 valence electrons. The first-order chi connectivity index (χ1) is 31.3. The molecule has 8 atom stereocenters. The molecule has 7 amide bonds.